The molecule has 0 bridgehead atoms. The SMILES string of the molecule is CC(C)N1CC(CC(N)=O)C1. The average Bonchev–Trinajstić information content (AvgIpc) is 1.75. The highest BCUT2D eigenvalue weighted by atomic mass is 16.1. The number of primary amides is 1. The molecule has 3 heteroatoms. The van der Waals surface area contributed by atoms with E-state index in [0.29, 0.717) is 18.4 Å². The van der Waals surface area contributed by atoms with E-state index in [1.54, 1.807) is 0 Å². The maximum atomic E-state index is 10.5. The molecule has 0 radical (unpaired) electrons. The molecular weight excluding hydrogens is 140 g/mol. The number of hydrogen-bond acceptors (Lipinski definition) is 2. The van der Waals surface area contributed by atoms with Crippen molar-refractivity contribution in [3.05, 3.63) is 0 Å². The summed E-state index contributed by atoms with van der Waals surface area (Å²) in [5.41, 5.74) is 5.07. The minimum absolute atomic E-state index is 0.168. The predicted molar refractivity (Wildman–Crippen MR) is 44.0 cm³/mol. The van der Waals surface area contributed by atoms with Crippen molar-refractivity contribution in [3.63, 3.8) is 0 Å². The predicted octanol–water partition coefficient (Wildman–Crippen LogP) is 0.202. The Balaban J connectivity index is 2.14. The number of nitrogens with two attached hydrogens (primary N) is 1. The molecule has 0 spiro atoms. The first kappa shape index (κ1) is 8.53. The van der Waals surface area contributed by atoms with Crippen LogP contribution in [0.1, 0.15) is 20.3 Å². The van der Waals surface area contributed by atoms with Crippen molar-refractivity contribution in [2.45, 2.75) is 26.3 Å². The van der Waals surface area contributed by atoms with Crippen LogP contribution in [-0.2, 0) is 4.79 Å². The summed E-state index contributed by atoms with van der Waals surface area (Å²) in [6, 6.07) is 0.610. The number of carbonyl (C=O) groups excluding carboxylic acids is 1. The van der Waals surface area contributed by atoms with Gasteiger partial charge in [0.1, 0.15) is 0 Å². The number of rotatable bonds is 3. The van der Waals surface area contributed by atoms with Gasteiger partial charge in [0, 0.05) is 25.6 Å². The molecule has 0 atom stereocenters. The van der Waals surface area contributed by atoms with Crippen molar-refractivity contribution in [1.29, 1.82) is 0 Å². The van der Waals surface area contributed by atoms with Gasteiger partial charge in [0.15, 0.2) is 0 Å². The minimum Gasteiger partial charge on any atom is -0.370 e. The monoisotopic (exact) mass is 156 g/mol. The molecular formula is C8H16N2O. The molecule has 0 saturated carbocycles. The second-order valence-corrected chi connectivity index (χ2v) is 3.58. The van der Waals surface area contributed by atoms with Gasteiger partial charge in [-0.3, -0.25) is 4.79 Å². The van der Waals surface area contributed by atoms with E-state index in [0.717, 1.165) is 13.1 Å². The second kappa shape index (κ2) is 3.22. The molecule has 0 aliphatic carbocycles. The van der Waals surface area contributed by atoms with Crippen molar-refractivity contribution >= 4 is 5.91 Å². The zero-order valence-corrected chi connectivity index (χ0v) is 7.21. The van der Waals surface area contributed by atoms with Crippen LogP contribution < -0.4 is 5.73 Å². The van der Waals surface area contributed by atoms with Crippen molar-refractivity contribution in [3.8, 4) is 0 Å². The Morgan fingerprint density at radius 3 is 2.55 bits per heavy atom. The third-order valence-electron chi connectivity index (χ3n) is 2.21. The third kappa shape index (κ3) is 2.19. The van der Waals surface area contributed by atoms with E-state index >= 15 is 0 Å². The van der Waals surface area contributed by atoms with Crippen molar-refractivity contribution in [1.82, 2.24) is 4.90 Å². The fourth-order valence-corrected chi connectivity index (χ4v) is 1.45. The smallest absolute Gasteiger partial charge is 0.217 e. The van der Waals surface area contributed by atoms with Crippen LogP contribution in [-0.4, -0.2) is 29.9 Å². The highest BCUT2D eigenvalue weighted by molar-refractivity contribution is 5.74. The molecule has 1 amide bonds. The van der Waals surface area contributed by atoms with E-state index in [1.165, 1.54) is 0 Å². The van der Waals surface area contributed by atoms with Crippen LogP contribution in [0.15, 0.2) is 0 Å². The summed E-state index contributed by atoms with van der Waals surface area (Å²) >= 11 is 0. The van der Waals surface area contributed by atoms with Crippen LogP contribution in [0.3, 0.4) is 0 Å². The molecule has 1 rings (SSSR count). The number of likely N-dealkylation sites (tertiary alicyclic amines) is 1. The highest BCUT2D eigenvalue weighted by Gasteiger charge is 2.29. The number of hydrogen-bond donors (Lipinski definition) is 1. The van der Waals surface area contributed by atoms with Gasteiger partial charge in [-0.1, -0.05) is 0 Å². The fourth-order valence-electron chi connectivity index (χ4n) is 1.45. The van der Waals surface area contributed by atoms with Crippen molar-refractivity contribution < 1.29 is 4.79 Å². The molecule has 1 aliphatic heterocycles. The second-order valence-electron chi connectivity index (χ2n) is 3.58. The van der Waals surface area contributed by atoms with Gasteiger partial charge in [0.05, 0.1) is 0 Å². The third-order valence-corrected chi connectivity index (χ3v) is 2.21. The van der Waals surface area contributed by atoms with Gasteiger partial charge in [-0.15, -0.1) is 0 Å². The van der Waals surface area contributed by atoms with Crippen LogP contribution in [0.5, 0.6) is 0 Å². The molecule has 0 unspecified atom stereocenters. The molecule has 11 heavy (non-hydrogen) atoms. The standard InChI is InChI=1S/C8H16N2O/c1-6(2)10-4-7(5-10)3-8(9)11/h6-7H,3-5H2,1-2H3,(H2,9,11). The van der Waals surface area contributed by atoms with Crippen LogP contribution in [0.2, 0.25) is 0 Å². The van der Waals surface area contributed by atoms with E-state index in [-0.39, 0.29) is 5.91 Å². The maximum Gasteiger partial charge on any atom is 0.217 e. The summed E-state index contributed by atoms with van der Waals surface area (Å²) in [6.07, 6.45) is 0.559. The Kier molecular flexibility index (Phi) is 2.49. The Hall–Kier alpha value is -0.570. The lowest BCUT2D eigenvalue weighted by Gasteiger charge is -2.41. The zero-order chi connectivity index (χ0) is 8.43. The molecule has 64 valence electrons. The Labute approximate surface area is 67.5 Å². The molecule has 3 nitrogen and oxygen atoms in total. The summed E-state index contributed by atoms with van der Waals surface area (Å²) in [4.78, 5) is 12.8. The Morgan fingerprint density at radius 2 is 2.18 bits per heavy atom. The number of amides is 1. The van der Waals surface area contributed by atoms with Crippen molar-refractivity contribution in [2.24, 2.45) is 11.7 Å². The van der Waals surface area contributed by atoms with Crippen LogP contribution >= 0.6 is 0 Å². The van der Waals surface area contributed by atoms with E-state index in [9.17, 15) is 4.79 Å². The Morgan fingerprint density at radius 1 is 1.64 bits per heavy atom. The fraction of sp³-hybridized carbons (Fsp3) is 0.875. The first-order valence-electron chi connectivity index (χ1n) is 4.12. The summed E-state index contributed by atoms with van der Waals surface area (Å²) in [5.74, 6) is 0.355. The first-order valence-corrected chi connectivity index (χ1v) is 4.12. The molecule has 0 aromatic heterocycles. The summed E-state index contributed by atoms with van der Waals surface area (Å²) in [5, 5.41) is 0. The number of nitrogens with zero attached hydrogens (tertiary/aromatic N) is 1. The van der Waals surface area contributed by atoms with E-state index in [2.05, 4.69) is 18.7 Å². The van der Waals surface area contributed by atoms with Gasteiger partial charge < -0.3 is 10.6 Å². The molecule has 1 heterocycles. The van der Waals surface area contributed by atoms with E-state index < -0.39 is 0 Å². The summed E-state index contributed by atoms with van der Waals surface area (Å²) in [7, 11) is 0. The first-order chi connectivity index (χ1) is 5.09. The molecule has 1 aliphatic rings. The van der Waals surface area contributed by atoms with Crippen LogP contribution in [0, 0.1) is 5.92 Å². The molecule has 0 aromatic rings. The highest BCUT2D eigenvalue weighted by Crippen LogP contribution is 2.20. The molecule has 1 saturated heterocycles. The lowest BCUT2D eigenvalue weighted by atomic mass is 9.95. The van der Waals surface area contributed by atoms with E-state index in [1.807, 2.05) is 0 Å². The van der Waals surface area contributed by atoms with Crippen LogP contribution in [0.4, 0.5) is 0 Å². The normalized spacial score (nSPS) is 20.3. The molecule has 2 N–H and O–H groups in total. The zero-order valence-electron chi connectivity index (χ0n) is 7.21. The largest absolute Gasteiger partial charge is 0.370 e. The van der Waals surface area contributed by atoms with Gasteiger partial charge in [-0.25, -0.2) is 0 Å². The Bertz CT molecular complexity index is 150. The van der Waals surface area contributed by atoms with Crippen LogP contribution in [0.25, 0.3) is 0 Å². The van der Waals surface area contributed by atoms with Gasteiger partial charge in [-0.2, -0.15) is 0 Å². The average molecular weight is 156 g/mol. The summed E-state index contributed by atoms with van der Waals surface area (Å²) in [6.45, 7) is 6.42. The quantitative estimate of drug-likeness (QED) is 0.634. The number of carbonyl (C=O) groups is 1. The van der Waals surface area contributed by atoms with Gasteiger partial charge in [-0.05, 0) is 19.8 Å². The lowest BCUT2D eigenvalue weighted by Crippen LogP contribution is -2.51. The topological polar surface area (TPSA) is 46.3 Å². The minimum atomic E-state index is -0.168. The van der Waals surface area contributed by atoms with E-state index in [4.69, 9.17) is 5.73 Å². The lowest BCUT2D eigenvalue weighted by molar-refractivity contribution is -0.120. The van der Waals surface area contributed by atoms with Gasteiger partial charge in [0.25, 0.3) is 0 Å². The van der Waals surface area contributed by atoms with Gasteiger partial charge >= 0.3 is 0 Å². The maximum absolute atomic E-state index is 10.5. The molecule has 1 fully saturated rings. The molecule has 0 aromatic carbocycles. The van der Waals surface area contributed by atoms with Gasteiger partial charge in [0.2, 0.25) is 5.91 Å². The summed E-state index contributed by atoms with van der Waals surface area (Å²) < 4.78 is 0. The van der Waals surface area contributed by atoms with Crippen molar-refractivity contribution in [2.75, 3.05) is 13.1 Å².